The lowest BCUT2D eigenvalue weighted by molar-refractivity contribution is 0.0994. The first-order chi connectivity index (χ1) is 9.15. The summed E-state index contributed by atoms with van der Waals surface area (Å²) in [5.74, 6) is -0.105. The summed E-state index contributed by atoms with van der Waals surface area (Å²) in [5.41, 5.74) is 7.49. The minimum Gasteiger partial charge on any atom is -0.395 e. The van der Waals surface area contributed by atoms with Crippen molar-refractivity contribution in [2.24, 2.45) is 5.73 Å². The van der Waals surface area contributed by atoms with Crippen molar-refractivity contribution < 1.29 is 15.0 Å². The lowest BCUT2D eigenvalue weighted by Crippen LogP contribution is -2.35. The molecule has 6 nitrogen and oxygen atoms in total. The van der Waals surface area contributed by atoms with Crippen LogP contribution in [0.25, 0.3) is 0 Å². The van der Waals surface area contributed by atoms with Crippen LogP contribution < -0.4 is 11.1 Å². The number of pyridine rings is 1. The average Bonchev–Trinajstić information content (AvgIpc) is 3.23. The zero-order valence-electron chi connectivity index (χ0n) is 10.7. The Balaban J connectivity index is 2.10. The molecular formula is C13H19N3O3. The van der Waals surface area contributed by atoms with E-state index in [9.17, 15) is 4.79 Å². The Labute approximate surface area is 111 Å². The summed E-state index contributed by atoms with van der Waals surface area (Å²) in [6.07, 6.45) is 3.73. The minimum absolute atomic E-state index is 0.126. The quantitative estimate of drug-likeness (QED) is 0.531. The zero-order valence-corrected chi connectivity index (χ0v) is 10.7. The molecule has 2 rings (SSSR count). The highest BCUT2D eigenvalue weighted by Gasteiger charge is 2.28. The molecule has 1 aliphatic rings. The van der Waals surface area contributed by atoms with E-state index in [1.54, 1.807) is 6.20 Å². The molecule has 0 unspecified atom stereocenters. The van der Waals surface area contributed by atoms with Gasteiger partial charge in [0.25, 0.3) is 5.91 Å². The van der Waals surface area contributed by atoms with E-state index in [-0.39, 0.29) is 19.3 Å². The number of aliphatic hydroxyl groups excluding tert-OH is 2. The van der Waals surface area contributed by atoms with Crippen molar-refractivity contribution in [3.63, 3.8) is 0 Å². The van der Waals surface area contributed by atoms with Crippen LogP contribution >= 0.6 is 0 Å². The maximum atomic E-state index is 11.3. The van der Waals surface area contributed by atoms with Gasteiger partial charge in [-0.15, -0.1) is 0 Å². The number of rotatable bonds is 7. The number of hydrogen-bond donors (Lipinski definition) is 4. The van der Waals surface area contributed by atoms with Gasteiger partial charge < -0.3 is 21.3 Å². The van der Waals surface area contributed by atoms with Crippen LogP contribution in [0.1, 0.15) is 40.4 Å². The number of nitrogens with one attached hydrogen (secondary N) is 1. The third-order valence-electron chi connectivity index (χ3n) is 3.26. The van der Waals surface area contributed by atoms with Crippen LogP contribution in [0.15, 0.2) is 12.3 Å². The van der Waals surface area contributed by atoms with Crippen molar-refractivity contribution in [2.75, 3.05) is 13.2 Å². The number of primary amides is 1. The second-order valence-electron chi connectivity index (χ2n) is 4.86. The topological polar surface area (TPSA) is 108 Å². The summed E-state index contributed by atoms with van der Waals surface area (Å²) in [7, 11) is 0. The number of aromatic nitrogens is 1. The SMILES string of the molecule is NC(=O)c1ncc(CNC(CO)CO)cc1C1CC1. The molecule has 0 bridgehead atoms. The summed E-state index contributed by atoms with van der Waals surface area (Å²) >= 11 is 0. The largest absolute Gasteiger partial charge is 0.395 e. The molecule has 0 spiro atoms. The fourth-order valence-electron chi connectivity index (χ4n) is 1.98. The lowest BCUT2D eigenvalue weighted by atomic mass is 10.1. The number of nitrogens with zero attached hydrogens (tertiary/aromatic N) is 1. The summed E-state index contributed by atoms with van der Waals surface area (Å²) in [6.45, 7) is 0.231. The summed E-state index contributed by atoms with van der Waals surface area (Å²) in [6, 6.07) is 1.59. The van der Waals surface area contributed by atoms with Gasteiger partial charge >= 0.3 is 0 Å². The Morgan fingerprint density at radius 2 is 2.16 bits per heavy atom. The van der Waals surface area contributed by atoms with Gasteiger partial charge in [0, 0.05) is 12.7 Å². The molecule has 1 aromatic rings. The van der Waals surface area contributed by atoms with Gasteiger partial charge in [0.05, 0.1) is 19.3 Å². The van der Waals surface area contributed by atoms with E-state index in [1.807, 2.05) is 6.07 Å². The van der Waals surface area contributed by atoms with Crippen LogP contribution in [0.4, 0.5) is 0 Å². The second kappa shape index (κ2) is 6.10. The van der Waals surface area contributed by atoms with E-state index in [0.29, 0.717) is 18.2 Å². The van der Waals surface area contributed by atoms with Gasteiger partial charge in [0.1, 0.15) is 5.69 Å². The fourth-order valence-corrected chi connectivity index (χ4v) is 1.98. The van der Waals surface area contributed by atoms with E-state index < -0.39 is 5.91 Å². The van der Waals surface area contributed by atoms with Crippen molar-refractivity contribution in [3.05, 3.63) is 29.1 Å². The number of carbonyl (C=O) groups excluding carboxylic acids is 1. The number of hydrogen-bond acceptors (Lipinski definition) is 5. The molecule has 104 valence electrons. The molecule has 1 amide bonds. The molecule has 0 radical (unpaired) electrons. The van der Waals surface area contributed by atoms with Crippen LogP contribution in [0.3, 0.4) is 0 Å². The first-order valence-corrected chi connectivity index (χ1v) is 6.39. The molecule has 1 fully saturated rings. The Hall–Kier alpha value is -1.50. The van der Waals surface area contributed by atoms with E-state index in [0.717, 1.165) is 24.0 Å². The minimum atomic E-state index is -0.495. The van der Waals surface area contributed by atoms with Gasteiger partial charge in [-0.2, -0.15) is 0 Å². The van der Waals surface area contributed by atoms with Crippen LogP contribution in [-0.2, 0) is 6.54 Å². The van der Waals surface area contributed by atoms with Crippen LogP contribution in [0.5, 0.6) is 0 Å². The normalized spacial score (nSPS) is 14.9. The van der Waals surface area contributed by atoms with Crippen molar-refractivity contribution >= 4 is 5.91 Å². The molecule has 19 heavy (non-hydrogen) atoms. The standard InChI is InChI=1S/C13H19N3O3/c14-13(19)12-11(9-1-2-9)3-8(5-16-12)4-15-10(6-17)7-18/h3,5,9-10,15,17-18H,1-2,4,6-7H2,(H2,14,19). The maximum absolute atomic E-state index is 11.3. The lowest BCUT2D eigenvalue weighted by Gasteiger charge is -2.14. The molecule has 1 saturated carbocycles. The fraction of sp³-hybridized carbons (Fsp3) is 0.538. The average molecular weight is 265 g/mol. The van der Waals surface area contributed by atoms with Crippen LogP contribution in [0, 0.1) is 0 Å². The van der Waals surface area contributed by atoms with Gasteiger partial charge in [-0.3, -0.25) is 9.78 Å². The summed E-state index contributed by atoms with van der Waals surface area (Å²) in [4.78, 5) is 15.4. The number of amides is 1. The predicted molar refractivity (Wildman–Crippen MR) is 69.5 cm³/mol. The third kappa shape index (κ3) is 3.50. The Morgan fingerprint density at radius 1 is 1.47 bits per heavy atom. The molecule has 0 aliphatic heterocycles. The van der Waals surface area contributed by atoms with Gasteiger partial charge in [0.15, 0.2) is 0 Å². The number of carbonyl (C=O) groups is 1. The zero-order chi connectivity index (χ0) is 13.8. The number of nitrogens with two attached hydrogens (primary N) is 1. The van der Waals surface area contributed by atoms with Crippen LogP contribution in [0.2, 0.25) is 0 Å². The molecule has 1 aromatic heterocycles. The Morgan fingerprint density at radius 3 is 2.68 bits per heavy atom. The summed E-state index contributed by atoms with van der Waals surface area (Å²) < 4.78 is 0. The van der Waals surface area contributed by atoms with Gasteiger partial charge in [-0.25, -0.2) is 0 Å². The smallest absolute Gasteiger partial charge is 0.267 e. The first kappa shape index (κ1) is 13.9. The molecule has 5 N–H and O–H groups in total. The molecular weight excluding hydrogens is 246 g/mol. The predicted octanol–water partition coefficient (Wildman–Crippen LogP) is -0.499. The first-order valence-electron chi connectivity index (χ1n) is 6.39. The van der Waals surface area contributed by atoms with E-state index in [1.165, 1.54) is 0 Å². The number of aliphatic hydroxyl groups is 2. The van der Waals surface area contributed by atoms with E-state index in [4.69, 9.17) is 15.9 Å². The van der Waals surface area contributed by atoms with E-state index in [2.05, 4.69) is 10.3 Å². The van der Waals surface area contributed by atoms with E-state index >= 15 is 0 Å². The maximum Gasteiger partial charge on any atom is 0.267 e. The van der Waals surface area contributed by atoms with Crippen molar-refractivity contribution in [1.29, 1.82) is 0 Å². The van der Waals surface area contributed by atoms with Gasteiger partial charge in [0.2, 0.25) is 0 Å². The highest BCUT2D eigenvalue weighted by atomic mass is 16.3. The van der Waals surface area contributed by atoms with Crippen LogP contribution in [-0.4, -0.2) is 40.4 Å². The third-order valence-corrected chi connectivity index (χ3v) is 3.26. The van der Waals surface area contributed by atoms with Gasteiger partial charge in [-0.05, 0) is 29.9 Å². The Kier molecular flexibility index (Phi) is 4.47. The highest BCUT2D eigenvalue weighted by Crippen LogP contribution is 2.41. The molecule has 0 saturated heterocycles. The Bertz CT molecular complexity index is 456. The molecule has 0 aromatic carbocycles. The monoisotopic (exact) mass is 265 g/mol. The van der Waals surface area contributed by atoms with Crippen molar-refractivity contribution in [2.45, 2.75) is 31.3 Å². The summed E-state index contributed by atoms with van der Waals surface area (Å²) in [5, 5.41) is 21.0. The van der Waals surface area contributed by atoms with Gasteiger partial charge in [-0.1, -0.05) is 6.07 Å². The molecule has 6 heteroatoms. The highest BCUT2D eigenvalue weighted by molar-refractivity contribution is 5.92. The van der Waals surface area contributed by atoms with Crippen molar-refractivity contribution in [1.82, 2.24) is 10.3 Å². The molecule has 1 aliphatic carbocycles. The molecule has 1 heterocycles. The van der Waals surface area contributed by atoms with Crippen molar-refractivity contribution in [3.8, 4) is 0 Å². The molecule has 0 atom stereocenters. The second-order valence-corrected chi connectivity index (χ2v) is 4.86.